The van der Waals surface area contributed by atoms with Crippen LogP contribution in [0.2, 0.25) is 0 Å². The predicted octanol–water partition coefficient (Wildman–Crippen LogP) is 3.34. The van der Waals surface area contributed by atoms with E-state index in [-0.39, 0.29) is 11.6 Å². The van der Waals surface area contributed by atoms with E-state index in [1.54, 1.807) is 0 Å². The van der Waals surface area contributed by atoms with Gasteiger partial charge < -0.3 is 5.32 Å². The van der Waals surface area contributed by atoms with Gasteiger partial charge in [-0.15, -0.1) is 0 Å². The summed E-state index contributed by atoms with van der Waals surface area (Å²) in [6.45, 7) is 4.34. The van der Waals surface area contributed by atoms with Crippen LogP contribution in [0.25, 0.3) is 0 Å². The lowest BCUT2D eigenvalue weighted by atomic mass is 9.53. The molecule has 0 aromatic heterocycles. The average molecular weight is 304 g/mol. The highest BCUT2D eigenvalue weighted by Crippen LogP contribution is 2.55. The van der Waals surface area contributed by atoms with Gasteiger partial charge in [-0.05, 0) is 89.1 Å². The summed E-state index contributed by atoms with van der Waals surface area (Å²) in [6.07, 6.45) is 13.3. The largest absolute Gasteiger partial charge is 0.349 e. The molecule has 3 nitrogen and oxygen atoms in total. The van der Waals surface area contributed by atoms with Crippen LogP contribution in [0.1, 0.15) is 71.1 Å². The summed E-state index contributed by atoms with van der Waals surface area (Å²) in [6, 6.07) is 0.0612. The molecule has 5 fully saturated rings. The Labute approximate surface area is 135 Å². The smallest absolute Gasteiger partial charge is 0.237 e. The Morgan fingerprint density at radius 1 is 0.955 bits per heavy atom. The zero-order valence-corrected chi connectivity index (χ0v) is 14.2. The molecule has 1 heterocycles. The fraction of sp³-hybridized carbons (Fsp3) is 0.947. The number of rotatable bonds is 3. The number of hydrogen-bond acceptors (Lipinski definition) is 2. The molecule has 3 heteroatoms. The fourth-order valence-corrected chi connectivity index (χ4v) is 6.28. The molecule has 4 saturated carbocycles. The molecule has 124 valence electrons. The molecule has 4 aliphatic carbocycles. The maximum absolute atomic E-state index is 12.9. The van der Waals surface area contributed by atoms with Gasteiger partial charge in [-0.1, -0.05) is 12.8 Å². The molecule has 0 spiro atoms. The molecule has 5 aliphatic rings. The molecular weight excluding hydrogens is 272 g/mol. The minimum absolute atomic E-state index is 0.0612. The van der Waals surface area contributed by atoms with Gasteiger partial charge in [-0.25, -0.2) is 0 Å². The van der Waals surface area contributed by atoms with Crippen molar-refractivity contribution in [3.8, 4) is 0 Å². The first-order valence-electron chi connectivity index (χ1n) is 9.70. The third-order valence-corrected chi connectivity index (χ3v) is 6.99. The number of nitrogens with zero attached hydrogens (tertiary/aromatic N) is 1. The monoisotopic (exact) mass is 304 g/mol. The highest BCUT2D eigenvalue weighted by Gasteiger charge is 2.51. The van der Waals surface area contributed by atoms with Gasteiger partial charge in [0.15, 0.2) is 0 Å². The van der Waals surface area contributed by atoms with Crippen molar-refractivity contribution in [3.05, 3.63) is 0 Å². The molecule has 1 amide bonds. The number of amides is 1. The Bertz CT molecular complexity index is 390. The summed E-state index contributed by atoms with van der Waals surface area (Å²) in [4.78, 5) is 15.3. The summed E-state index contributed by atoms with van der Waals surface area (Å²) in [5.41, 5.74) is 0.173. The summed E-state index contributed by atoms with van der Waals surface area (Å²) in [5, 5.41) is 3.56. The maximum Gasteiger partial charge on any atom is 0.237 e. The van der Waals surface area contributed by atoms with Crippen molar-refractivity contribution in [2.45, 2.75) is 82.7 Å². The van der Waals surface area contributed by atoms with Gasteiger partial charge >= 0.3 is 0 Å². The van der Waals surface area contributed by atoms with Gasteiger partial charge in [0, 0.05) is 5.54 Å². The van der Waals surface area contributed by atoms with Crippen LogP contribution in [0.15, 0.2) is 0 Å². The Morgan fingerprint density at radius 2 is 1.45 bits per heavy atom. The molecule has 0 radical (unpaired) electrons. The standard InChI is InChI=1S/C19H32N2O/c1-14(21-6-4-2-3-5-7-21)18(22)20-19-11-15-8-16(12-19)10-17(9-15)13-19/h14-17H,2-13H2,1H3,(H,20,22)/t14-,15?,16?,17?,19?/m0/s1. The zero-order chi connectivity index (χ0) is 15.2. The molecule has 0 aromatic rings. The first-order chi connectivity index (χ1) is 10.6. The predicted molar refractivity (Wildman–Crippen MR) is 88.5 cm³/mol. The molecule has 5 rings (SSSR count). The lowest BCUT2D eigenvalue weighted by Crippen LogP contribution is -2.62. The SMILES string of the molecule is C[C@@H](C(=O)NC12CC3CC(CC(C3)C1)C2)N1CCCCCC1. The number of likely N-dealkylation sites (tertiary alicyclic amines) is 1. The fourth-order valence-electron chi connectivity index (χ4n) is 6.28. The highest BCUT2D eigenvalue weighted by atomic mass is 16.2. The van der Waals surface area contributed by atoms with Crippen LogP contribution in [-0.4, -0.2) is 35.5 Å². The van der Waals surface area contributed by atoms with E-state index in [1.807, 2.05) is 0 Å². The van der Waals surface area contributed by atoms with E-state index in [4.69, 9.17) is 0 Å². The molecule has 0 aromatic carbocycles. The highest BCUT2D eigenvalue weighted by molar-refractivity contribution is 5.82. The minimum Gasteiger partial charge on any atom is -0.349 e. The van der Waals surface area contributed by atoms with Gasteiger partial charge in [0.2, 0.25) is 5.91 Å². The van der Waals surface area contributed by atoms with E-state index in [9.17, 15) is 4.79 Å². The molecule has 22 heavy (non-hydrogen) atoms. The van der Waals surface area contributed by atoms with E-state index < -0.39 is 0 Å². The van der Waals surface area contributed by atoms with Gasteiger partial charge in [0.1, 0.15) is 0 Å². The Kier molecular flexibility index (Phi) is 3.96. The van der Waals surface area contributed by atoms with E-state index in [0.29, 0.717) is 5.91 Å². The lowest BCUT2D eigenvalue weighted by molar-refractivity contribution is -0.131. The maximum atomic E-state index is 12.9. The molecule has 1 N–H and O–H groups in total. The third-order valence-electron chi connectivity index (χ3n) is 6.99. The zero-order valence-electron chi connectivity index (χ0n) is 14.2. The van der Waals surface area contributed by atoms with Crippen molar-refractivity contribution < 1.29 is 4.79 Å². The van der Waals surface area contributed by atoms with Crippen LogP contribution in [0.4, 0.5) is 0 Å². The van der Waals surface area contributed by atoms with E-state index in [1.165, 1.54) is 64.2 Å². The van der Waals surface area contributed by atoms with Crippen LogP contribution in [0, 0.1) is 17.8 Å². The van der Waals surface area contributed by atoms with Gasteiger partial charge in [-0.3, -0.25) is 9.69 Å². The molecule has 4 bridgehead atoms. The number of nitrogens with one attached hydrogen (secondary N) is 1. The van der Waals surface area contributed by atoms with Gasteiger partial charge in [0.25, 0.3) is 0 Å². The van der Waals surface area contributed by atoms with Crippen LogP contribution in [-0.2, 0) is 4.79 Å². The van der Waals surface area contributed by atoms with Crippen molar-refractivity contribution in [1.29, 1.82) is 0 Å². The van der Waals surface area contributed by atoms with Crippen molar-refractivity contribution in [1.82, 2.24) is 10.2 Å². The molecule has 1 saturated heterocycles. The molecule has 0 unspecified atom stereocenters. The quantitative estimate of drug-likeness (QED) is 0.867. The number of carbonyl (C=O) groups is 1. The molecular formula is C19H32N2O. The summed E-state index contributed by atoms with van der Waals surface area (Å²) in [7, 11) is 0. The summed E-state index contributed by atoms with van der Waals surface area (Å²) >= 11 is 0. The van der Waals surface area contributed by atoms with E-state index in [0.717, 1.165) is 30.8 Å². The van der Waals surface area contributed by atoms with Crippen LogP contribution >= 0.6 is 0 Å². The van der Waals surface area contributed by atoms with Gasteiger partial charge in [-0.2, -0.15) is 0 Å². The Hall–Kier alpha value is -0.570. The van der Waals surface area contributed by atoms with Crippen molar-refractivity contribution >= 4 is 5.91 Å². The Balaban J connectivity index is 1.41. The van der Waals surface area contributed by atoms with Crippen molar-refractivity contribution in [3.63, 3.8) is 0 Å². The Morgan fingerprint density at radius 3 is 1.95 bits per heavy atom. The van der Waals surface area contributed by atoms with Crippen LogP contribution in [0.5, 0.6) is 0 Å². The number of carbonyl (C=O) groups excluding carboxylic acids is 1. The first-order valence-corrected chi connectivity index (χ1v) is 9.70. The average Bonchev–Trinajstić information content (AvgIpc) is 2.73. The summed E-state index contributed by atoms with van der Waals surface area (Å²) in [5.74, 6) is 3.02. The summed E-state index contributed by atoms with van der Waals surface area (Å²) < 4.78 is 0. The van der Waals surface area contributed by atoms with E-state index >= 15 is 0 Å². The van der Waals surface area contributed by atoms with Crippen LogP contribution in [0.3, 0.4) is 0 Å². The van der Waals surface area contributed by atoms with Crippen molar-refractivity contribution in [2.75, 3.05) is 13.1 Å². The van der Waals surface area contributed by atoms with E-state index in [2.05, 4.69) is 17.1 Å². The van der Waals surface area contributed by atoms with Crippen molar-refractivity contribution in [2.24, 2.45) is 17.8 Å². The first kappa shape index (κ1) is 15.0. The van der Waals surface area contributed by atoms with Crippen LogP contribution < -0.4 is 5.32 Å². The second-order valence-electron chi connectivity index (χ2n) is 8.81. The minimum atomic E-state index is 0.0612. The second kappa shape index (κ2) is 5.81. The second-order valence-corrected chi connectivity index (χ2v) is 8.81. The lowest BCUT2D eigenvalue weighted by Gasteiger charge is -2.57. The molecule has 1 atom stereocenters. The number of hydrogen-bond donors (Lipinski definition) is 1. The normalized spacial score (nSPS) is 42.9. The topological polar surface area (TPSA) is 32.3 Å². The molecule has 1 aliphatic heterocycles. The van der Waals surface area contributed by atoms with Gasteiger partial charge in [0.05, 0.1) is 6.04 Å². The third kappa shape index (κ3) is 2.81.